The van der Waals surface area contributed by atoms with Crippen molar-refractivity contribution in [2.45, 2.75) is 18.6 Å². The van der Waals surface area contributed by atoms with Gasteiger partial charge in [0, 0.05) is 26.3 Å². The number of rotatable bonds is 6. The first-order valence-corrected chi connectivity index (χ1v) is 10.7. The minimum Gasteiger partial charge on any atom is -0.325 e. The first-order valence-electron chi connectivity index (χ1n) is 9.67. The molecule has 0 saturated carbocycles. The molecule has 0 atom stereocenters. The molecule has 4 aromatic rings. The van der Waals surface area contributed by atoms with Gasteiger partial charge in [0.05, 0.1) is 22.3 Å². The van der Waals surface area contributed by atoms with Crippen LogP contribution in [0.25, 0.3) is 22.4 Å². The Hall–Kier alpha value is -3.40. The molecule has 0 fully saturated rings. The molecule has 0 radical (unpaired) electrons. The zero-order valence-corrected chi connectivity index (χ0v) is 18.1. The maximum atomic E-state index is 14.1. The molecule has 0 aliphatic carbocycles. The van der Waals surface area contributed by atoms with Crippen LogP contribution in [0.3, 0.4) is 0 Å². The Bertz CT molecular complexity index is 1340. The Morgan fingerprint density at radius 1 is 1.10 bits per heavy atom. The molecule has 0 unspecified atom stereocenters. The van der Waals surface area contributed by atoms with Gasteiger partial charge in [-0.15, -0.1) is 10.2 Å². The molecule has 2 heterocycles. The quantitative estimate of drug-likeness (QED) is 0.466. The minimum atomic E-state index is -0.371. The van der Waals surface area contributed by atoms with E-state index in [1.54, 1.807) is 59.6 Å². The predicted molar refractivity (Wildman–Crippen MR) is 119 cm³/mol. The fraction of sp³-hybridized carbons (Fsp3) is 0.238. The van der Waals surface area contributed by atoms with Crippen molar-refractivity contribution in [3.05, 3.63) is 58.8 Å². The maximum absolute atomic E-state index is 14.1. The van der Waals surface area contributed by atoms with Gasteiger partial charge in [-0.25, -0.2) is 9.18 Å². The minimum absolute atomic E-state index is 0.112. The number of hydrogen-bond acceptors (Lipinski definition) is 5. The van der Waals surface area contributed by atoms with Gasteiger partial charge in [0.15, 0.2) is 11.0 Å². The number of amides is 1. The van der Waals surface area contributed by atoms with Gasteiger partial charge >= 0.3 is 5.69 Å². The Balaban J connectivity index is 1.48. The van der Waals surface area contributed by atoms with Crippen LogP contribution in [0.1, 0.15) is 6.92 Å². The van der Waals surface area contributed by atoms with E-state index in [0.717, 1.165) is 11.0 Å². The lowest BCUT2D eigenvalue weighted by Crippen LogP contribution is -2.19. The normalized spacial score (nSPS) is 11.2. The third kappa shape index (κ3) is 3.86. The van der Waals surface area contributed by atoms with Crippen molar-refractivity contribution in [1.82, 2.24) is 23.9 Å². The van der Waals surface area contributed by atoms with Gasteiger partial charge in [-0.05, 0) is 37.3 Å². The van der Waals surface area contributed by atoms with Gasteiger partial charge in [0.25, 0.3) is 0 Å². The van der Waals surface area contributed by atoms with E-state index in [0.29, 0.717) is 28.8 Å². The topological polar surface area (TPSA) is 86.7 Å². The average Bonchev–Trinajstić information content (AvgIpc) is 3.27. The molecular weight excluding hydrogens is 419 g/mol. The lowest BCUT2D eigenvalue weighted by atomic mass is 10.2. The summed E-state index contributed by atoms with van der Waals surface area (Å²) in [5.74, 6) is -0.0480. The number of benzene rings is 2. The smallest absolute Gasteiger partial charge is 0.325 e. The van der Waals surface area contributed by atoms with Gasteiger partial charge in [-0.1, -0.05) is 23.9 Å². The second-order valence-electron chi connectivity index (χ2n) is 6.97. The van der Waals surface area contributed by atoms with Gasteiger partial charge in [0.2, 0.25) is 5.91 Å². The number of carbonyl (C=O) groups is 1. The second-order valence-corrected chi connectivity index (χ2v) is 7.91. The summed E-state index contributed by atoms with van der Waals surface area (Å²) < 4.78 is 19.0. The predicted octanol–water partition coefficient (Wildman–Crippen LogP) is 3.03. The van der Waals surface area contributed by atoms with E-state index in [1.807, 2.05) is 6.92 Å². The fourth-order valence-electron chi connectivity index (χ4n) is 3.43. The number of aromatic nitrogens is 5. The summed E-state index contributed by atoms with van der Waals surface area (Å²) in [6.07, 6.45) is 0. The van der Waals surface area contributed by atoms with E-state index in [1.165, 1.54) is 22.4 Å². The van der Waals surface area contributed by atoms with Crippen LogP contribution in [0.5, 0.6) is 0 Å². The number of fused-ring (bicyclic) bond motifs is 1. The molecule has 2 aromatic carbocycles. The van der Waals surface area contributed by atoms with E-state index >= 15 is 0 Å². The Labute approximate surface area is 181 Å². The van der Waals surface area contributed by atoms with Crippen molar-refractivity contribution in [2.75, 3.05) is 11.1 Å². The molecule has 1 amide bonds. The summed E-state index contributed by atoms with van der Waals surface area (Å²) in [7, 11) is 3.40. The standard InChI is InChI=1S/C21H21FN6O2S/c1-4-28-19(14-7-5-6-8-15(14)22)24-25-20(28)31-12-18(29)23-13-9-10-16-17(11-13)27(3)21(30)26(16)2/h5-11H,4,12H2,1-3H3,(H,23,29). The van der Waals surface area contributed by atoms with Crippen LogP contribution in [-0.4, -0.2) is 35.6 Å². The SMILES string of the molecule is CCn1c(SCC(=O)Nc2ccc3c(c2)n(C)c(=O)n3C)nnc1-c1ccccc1F. The van der Waals surface area contributed by atoms with Crippen molar-refractivity contribution in [3.63, 3.8) is 0 Å². The molecule has 0 aliphatic rings. The zero-order valence-electron chi connectivity index (χ0n) is 17.3. The van der Waals surface area contributed by atoms with Crippen LogP contribution in [0.4, 0.5) is 10.1 Å². The highest BCUT2D eigenvalue weighted by Crippen LogP contribution is 2.26. The van der Waals surface area contributed by atoms with E-state index in [9.17, 15) is 14.0 Å². The monoisotopic (exact) mass is 440 g/mol. The highest BCUT2D eigenvalue weighted by Gasteiger charge is 2.17. The van der Waals surface area contributed by atoms with E-state index in [4.69, 9.17) is 0 Å². The summed E-state index contributed by atoms with van der Waals surface area (Å²) in [4.78, 5) is 24.5. The largest absolute Gasteiger partial charge is 0.328 e. The van der Waals surface area contributed by atoms with E-state index < -0.39 is 0 Å². The molecule has 31 heavy (non-hydrogen) atoms. The molecule has 8 nitrogen and oxygen atoms in total. The van der Waals surface area contributed by atoms with Crippen LogP contribution in [0.15, 0.2) is 52.4 Å². The summed E-state index contributed by atoms with van der Waals surface area (Å²) in [6.45, 7) is 2.45. The Morgan fingerprint density at radius 2 is 1.84 bits per heavy atom. The number of halogens is 1. The molecule has 160 valence electrons. The highest BCUT2D eigenvalue weighted by molar-refractivity contribution is 7.99. The Morgan fingerprint density at radius 3 is 2.58 bits per heavy atom. The van der Waals surface area contributed by atoms with Crippen molar-refractivity contribution in [3.8, 4) is 11.4 Å². The number of hydrogen-bond donors (Lipinski definition) is 1. The first-order chi connectivity index (χ1) is 14.9. The third-order valence-electron chi connectivity index (χ3n) is 5.04. The van der Waals surface area contributed by atoms with Crippen molar-refractivity contribution < 1.29 is 9.18 Å². The number of thioether (sulfide) groups is 1. The molecule has 4 rings (SSSR count). The lowest BCUT2D eigenvalue weighted by Gasteiger charge is -2.08. The molecule has 10 heteroatoms. The molecular formula is C21H21FN6O2S. The average molecular weight is 441 g/mol. The number of aryl methyl sites for hydroxylation is 2. The summed E-state index contributed by atoms with van der Waals surface area (Å²) in [5.41, 5.74) is 2.37. The molecule has 0 bridgehead atoms. The van der Waals surface area contributed by atoms with Crippen molar-refractivity contribution >= 4 is 34.4 Å². The van der Waals surface area contributed by atoms with Crippen LogP contribution in [0, 0.1) is 5.82 Å². The number of nitrogens with one attached hydrogen (secondary N) is 1. The van der Waals surface area contributed by atoms with Crippen LogP contribution < -0.4 is 11.0 Å². The molecule has 0 spiro atoms. The van der Waals surface area contributed by atoms with Crippen molar-refractivity contribution in [2.24, 2.45) is 14.1 Å². The van der Waals surface area contributed by atoms with Crippen molar-refractivity contribution in [1.29, 1.82) is 0 Å². The summed E-state index contributed by atoms with van der Waals surface area (Å²) >= 11 is 1.23. The second kappa shape index (κ2) is 8.38. The van der Waals surface area contributed by atoms with Crippen LogP contribution in [0.2, 0.25) is 0 Å². The Kier molecular flexibility index (Phi) is 5.64. The number of imidazole rings is 1. The van der Waals surface area contributed by atoms with E-state index in [2.05, 4.69) is 15.5 Å². The van der Waals surface area contributed by atoms with Gasteiger partial charge in [-0.3, -0.25) is 13.9 Å². The summed E-state index contributed by atoms with van der Waals surface area (Å²) in [6, 6.07) is 11.7. The number of nitrogens with zero attached hydrogens (tertiary/aromatic N) is 5. The molecule has 0 saturated heterocycles. The van der Waals surface area contributed by atoms with Crippen LogP contribution in [-0.2, 0) is 25.4 Å². The highest BCUT2D eigenvalue weighted by atomic mass is 32.2. The fourth-order valence-corrected chi connectivity index (χ4v) is 4.24. The first kappa shape index (κ1) is 20.9. The van der Waals surface area contributed by atoms with Gasteiger partial charge in [0.1, 0.15) is 5.82 Å². The zero-order chi connectivity index (χ0) is 22.1. The van der Waals surface area contributed by atoms with Gasteiger partial charge < -0.3 is 9.88 Å². The lowest BCUT2D eigenvalue weighted by molar-refractivity contribution is -0.113. The van der Waals surface area contributed by atoms with Gasteiger partial charge in [-0.2, -0.15) is 0 Å². The molecule has 0 aliphatic heterocycles. The maximum Gasteiger partial charge on any atom is 0.328 e. The molecule has 1 N–H and O–H groups in total. The summed E-state index contributed by atoms with van der Waals surface area (Å²) in [5, 5.41) is 11.6. The van der Waals surface area contributed by atoms with Crippen LogP contribution >= 0.6 is 11.8 Å². The third-order valence-corrected chi connectivity index (χ3v) is 6.00. The molecule has 2 aromatic heterocycles. The van der Waals surface area contributed by atoms with E-state index in [-0.39, 0.29) is 23.2 Å². The number of carbonyl (C=O) groups excluding carboxylic acids is 1. The number of anilines is 1.